The van der Waals surface area contributed by atoms with Gasteiger partial charge in [-0.15, -0.1) is 10.2 Å². The van der Waals surface area contributed by atoms with Crippen LogP contribution in [0.15, 0.2) is 9.50 Å². The second-order valence-electron chi connectivity index (χ2n) is 3.22. The van der Waals surface area contributed by atoms with Gasteiger partial charge in [-0.2, -0.15) is 15.0 Å². The number of rotatable bonds is 4. The third-order valence-corrected chi connectivity index (χ3v) is 3.88. The predicted molar refractivity (Wildman–Crippen MR) is 69.7 cm³/mol. The van der Waals surface area contributed by atoms with Crippen molar-refractivity contribution in [1.29, 1.82) is 0 Å². The molecule has 0 unspecified atom stereocenters. The van der Waals surface area contributed by atoms with Crippen molar-refractivity contribution in [2.75, 3.05) is 26.1 Å². The van der Waals surface area contributed by atoms with Crippen LogP contribution in [-0.4, -0.2) is 46.4 Å². The lowest BCUT2D eigenvalue weighted by atomic mass is 10.9. The van der Waals surface area contributed by atoms with Gasteiger partial charge in [0.2, 0.25) is 15.6 Å². The fourth-order valence-electron chi connectivity index (χ4n) is 0.954. The van der Waals surface area contributed by atoms with Crippen LogP contribution in [0, 0.1) is 0 Å². The molecule has 0 N–H and O–H groups in total. The van der Waals surface area contributed by atoms with E-state index in [0.717, 1.165) is 9.47 Å². The molecule has 10 heteroatoms. The minimum absolute atomic E-state index is 0.0849. The first kappa shape index (κ1) is 13.2. The normalized spacial score (nSPS) is 10.4. The summed E-state index contributed by atoms with van der Waals surface area (Å²) in [6.07, 6.45) is 0. The van der Waals surface area contributed by atoms with E-state index in [-0.39, 0.29) is 11.3 Å². The van der Waals surface area contributed by atoms with Gasteiger partial charge in [0.15, 0.2) is 4.34 Å². The lowest BCUT2D eigenvalue weighted by Gasteiger charge is -2.03. The summed E-state index contributed by atoms with van der Waals surface area (Å²) >= 11 is 8.45. The molecule has 0 fully saturated rings. The van der Waals surface area contributed by atoms with E-state index in [1.165, 1.54) is 30.2 Å². The van der Waals surface area contributed by atoms with E-state index in [1.807, 2.05) is 19.0 Å². The number of halogens is 1. The smallest absolute Gasteiger partial charge is 0.321 e. The molecular weight excluding hydrogens is 296 g/mol. The molecule has 0 aliphatic carbocycles. The number of hydrogen-bond donors (Lipinski definition) is 0. The monoisotopic (exact) mass is 304 g/mol. The van der Waals surface area contributed by atoms with E-state index in [0.29, 0.717) is 5.16 Å². The SMILES string of the molecule is COc1nc(Cl)nc(Sc2nnc(N(C)C)s2)n1. The molecule has 7 nitrogen and oxygen atoms in total. The summed E-state index contributed by atoms with van der Waals surface area (Å²) < 4.78 is 5.64. The summed E-state index contributed by atoms with van der Waals surface area (Å²) in [6, 6.07) is 0.176. The van der Waals surface area contributed by atoms with E-state index < -0.39 is 0 Å². The van der Waals surface area contributed by atoms with Crippen LogP contribution in [0.3, 0.4) is 0 Å². The van der Waals surface area contributed by atoms with Gasteiger partial charge in [0.05, 0.1) is 7.11 Å². The molecule has 96 valence electrons. The topological polar surface area (TPSA) is 76.9 Å². The van der Waals surface area contributed by atoms with Crippen LogP contribution in [0.1, 0.15) is 0 Å². The summed E-state index contributed by atoms with van der Waals surface area (Å²) in [4.78, 5) is 13.7. The van der Waals surface area contributed by atoms with Crippen molar-refractivity contribution in [3.05, 3.63) is 5.28 Å². The average Bonchev–Trinajstić information content (AvgIpc) is 2.76. The molecule has 0 bridgehead atoms. The first-order valence-corrected chi connectivity index (χ1v) is 6.74. The Labute approximate surface area is 117 Å². The van der Waals surface area contributed by atoms with E-state index in [1.54, 1.807) is 0 Å². The molecule has 2 aromatic heterocycles. The molecule has 0 aromatic carbocycles. The Hall–Kier alpha value is -1.19. The van der Waals surface area contributed by atoms with E-state index in [9.17, 15) is 0 Å². The Morgan fingerprint density at radius 1 is 1.22 bits per heavy atom. The summed E-state index contributed by atoms with van der Waals surface area (Å²) in [6.45, 7) is 0. The molecule has 18 heavy (non-hydrogen) atoms. The highest BCUT2D eigenvalue weighted by Gasteiger charge is 2.11. The number of anilines is 1. The highest BCUT2D eigenvalue weighted by Crippen LogP contribution is 2.31. The standard InChI is InChI=1S/C8H9ClN6OS2/c1-15(2)7-13-14-8(18-7)17-6-11-4(9)10-5(12-6)16-3/h1-3H3. The van der Waals surface area contributed by atoms with Crippen molar-refractivity contribution in [2.45, 2.75) is 9.50 Å². The fourth-order valence-corrected chi connectivity index (χ4v) is 2.77. The van der Waals surface area contributed by atoms with E-state index in [2.05, 4.69) is 25.1 Å². The highest BCUT2D eigenvalue weighted by molar-refractivity contribution is 8.00. The van der Waals surface area contributed by atoms with Gasteiger partial charge in [-0.25, -0.2) is 0 Å². The largest absolute Gasteiger partial charge is 0.467 e. The van der Waals surface area contributed by atoms with E-state index in [4.69, 9.17) is 16.3 Å². The van der Waals surface area contributed by atoms with E-state index >= 15 is 0 Å². The van der Waals surface area contributed by atoms with Crippen LogP contribution < -0.4 is 9.64 Å². The molecule has 0 spiro atoms. The number of nitrogens with zero attached hydrogens (tertiary/aromatic N) is 6. The Morgan fingerprint density at radius 3 is 2.61 bits per heavy atom. The maximum Gasteiger partial charge on any atom is 0.321 e. The summed E-state index contributed by atoms with van der Waals surface area (Å²) in [5.41, 5.74) is 0. The van der Waals surface area contributed by atoms with Gasteiger partial charge >= 0.3 is 6.01 Å². The molecule has 0 atom stereocenters. The Bertz CT molecular complexity index is 548. The van der Waals surface area contributed by atoms with Crippen LogP contribution in [0.2, 0.25) is 5.28 Å². The van der Waals surface area contributed by atoms with Crippen molar-refractivity contribution in [1.82, 2.24) is 25.1 Å². The predicted octanol–water partition coefficient (Wildman–Crippen LogP) is 1.60. The Morgan fingerprint density at radius 2 is 2.00 bits per heavy atom. The minimum Gasteiger partial charge on any atom is -0.467 e. The quantitative estimate of drug-likeness (QED) is 0.843. The lowest BCUT2D eigenvalue weighted by Crippen LogP contribution is -2.07. The molecular formula is C8H9ClN6OS2. The van der Waals surface area contributed by atoms with Gasteiger partial charge in [0.1, 0.15) is 0 Å². The van der Waals surface area contributed by atoms with Gasteiger partial charge in [0, 0.05) is 14.1 Å². The van der Waals surface area contributed by atoms with Crippen molar-refractivity contribution in [3.8, 4) is 6.01 Å². The molecule has 0 radical (unpaired) electrons. The summed E-state index contributed by atoms with van der Waals surface area (Å²) in [5.74, 6) is 0. The molecule has 2 rings (SSSR count). The summed E-state index contributed by atoms with van der Waals surface area (Å²) in [5, 5.41) is 9.36. The van der Waals surface area contributed by atoms with Crippen LogP contribution in [0.4, 0.5) is 5.13 Å². The third-order valence-electron chi connectivity index (χ3n) is 1.71. The van der Waals surface area contributed by atoms with Gasteiger partial charge in [-0.3, -0.25) is 0 Å². The molecule has 0 saturated carbocycles. The first-order chi connectivity index (χ1) is 8.58. The average molecular weight is 305 g/mol. The van der Waals surface area contributed by atoms with Crippen LogP contribution in [0.5, 0.6) is 6.01 Å². The second-order valence-corrected chi connectivity index (χ2v) is 5.73. The summed E-state index contributed by atoms with van der Waals surface area (Å²) in [7, 11) is 5.27. The Balaban J connectivity index is 2.19. The highest BCUT2D eigenvalue weighted by atomic mass is 35.5. The van der Waals surface area contributed by atoms with Gasteiger partial charge in [-0.1, -0.05) is 11.3 Å². The number of hydrogen-bond acceptors (Lipinski definition) is 9. The van der Waals surface area contributed by atoms with Gasteiger partial charge in [-0.05, 0) is 23.4 Å². The van der Waals surface area contributed by atoms with Crippen LogP contribution in [0.25, 0.3) is 0 Å². The molecule has 0 amide bonds. The van der Waals surface area contributed by atoms with Crippen molar-refractivity contribution >= 4 is 39.8 Å². The molecule has 0 saturated heterocycles. The molecule has 2 aromatic rings. The van der Waals surface area contributed by atoms with Crippen LogP contribution in [-0.2, 0) is 0 Å². The van der Waals surface area contributed by atoms with Crippen molar-refractivity contribution in [2.24, 2.45) is 0 Å². The number of ether oxygens (including phenoxy) is 1. The number of aromatic nitrogens is 5. The number of methoxy groups -OCH3 is 1. The zero-order valence-electron chi connectivity index (χ0n) is 9.79. The van der Waals surface area contributed by atoms with Crippen LogP contribution >= 0.6 is 34.7 Å². The first-order valence-electron chi connectivity index (χ1n) is 4.72. The zero-order valence-corrected chi connectivity index (χ0v) is 12.2. The minimum atomic E-state index is 0.0849. The van der Waals surface area contributed by atoms with Crippen molar-refractivity contribution < 1.29 is 4.74 Å². The maximum absolute atomic E-state index is 5.75. The maximum atomic E-state index is 5.75. The zero-order chi connectivity index (χ0) is 13.1. The molecule has 0 aliphatic rings. The Kier molecular flexibility index (Phi) is 4.15. The van der Waals surface area contributed by atoms with Crippen molar-refractivity contribution in [3.63, 3.8) is 0 Å². The van der Waals surface area contributed by atoms with Gasteiger partial charge < -0.3 is 9.64 Å². The third kappa shape index (κ3) is 3.18. The molecule has 2 heterocycles. The lowest BCUT2D eigenvalue weighted by molar-refractivity contribution is 0.373. The molecule has 0 aliphatic heterocycles. The van der Waals surface area contributed by atoms with Gasteiger partial charge in [0.25, 0.3) is 0 Å². The second kappa shape index (κ2) is 5.63. The fraction of sp³-hybridized carbons (Fsp3) is 0.375.